The molecule has 5 heteroatoms. The summed E-state index contributed by atoms with van der Waals surface area (Å²) in [6.07, 6.45) is 6.72. The van der Waals surface area contributed by atoms with Crippen molar-refractivity contribution >= 4 is 9.84 Å². The number of hydrogen-bond donors (Lipinski definition) is 0. The minimum Gasteiger partial charge on any atom is -0.454 e. The zero-order valence-corrected chi connectivity index (χ0v) is 12.1. The maximum atomic E-state index is 11.7. The van der Waals surface area contributed by atoms with Gasteiger partial charge in [0.2, 0.25) is 6.79 Å². The average molecular weight is 300 g/mol. The Kier molecular flexibility index (Phi) is 3.11. The van der Waals surface area contributed by atoms with E-state index in [0.29, 0.717) is 17.1 Å². The second-order valence-corrected chi connectivity index (χ2v) is 6.71. The lowest BCUT2D eigenvalue weighted by Crippen LogP contribution is -1.97. The Labute approximate surface area is 123 Å². The molecular formula is C16H12O4S. The SMILES string of the molecule is C#Cc1cc2c(cc1-c1cccc(S(C)(=O)=O)c1)OCO2. The smallest absolute Gasteiger partial charge is 0.231 e. The molecule has 1 aliphatic heterocycles. The monoisotopic (exact) mass is 300 g/mol. The Morgan fingerprint density at radius 3 is 2.52 bits per heavy atom. The molecule has 0 saturated carbocycles. The van der Waals surface area contributed by atoms with Gasteiger partial charge in [0, 0.05) is 23.4 Å². The van der Waals surface area contributed by atoms with E-state index >= 15 is 0 Å². The second-order valence-electron chi connectivity index (χ2n) is 4.70. The van der Waals surface area contributed by atoms with Gasteiger partial charge in [-0.2, -0.15) is 0 Å². The van der Waals surface area contributed by atoms with E-state index in [4.69, 9.17) is 15.9 Å². The van der Waals surface area contributed by atoms with Crippen LogP contribution in [0, 0.1) is 12.3 Å². The number of hydrogen-bond acceptors (Lipinski definition) is 4. The molecule has 0 fully saturated rings. The summed E-state index contributed by atoms with van der Waals surface area (Å²) in [5, 5.41) is 0. The van der Waals surface area contributed by atoms with Crippen molar-refractivity contribution in [1.82, 2.24) is 0 Å². The van der Waals surface area contributed by atoms with Gasteiger partial charge in [-0.15, -0.1) is 6.42 Å². The molecule has 1 heterocycles. The van der Waals surface area contributed by atoms with Crippen molar-refractivity contribution in [3.8, 4) is 35.0 Å². The maximum Gasteiger partial charge on any atom is 0.231 e. The van der Waals surface area contributed by atoms with Gasteiger partial charge in [0.15, 0.2) is 21.3 Å². The fraction of sp³-hybridized carbons (Fsp3) is 0.125. The van der Waals surface area contributed by atoms with E-state index in [-0.39, 0.29) is 11.7 Å². The molecular weight excluding hydrogens is 288 g/mol. The second kappa shape index (κ2) is 4.83. The van der Waals surface area contributed by atoms with Crippen molar-refractivity contribution in [3.63, 3.8) is 0 Å². The Hall–Kier alpha value is -2.45. The third-order valence-corrected chi connectivity index (χ3v) is 4.35. The van der Waals surface area contributed by atoms with Crippen LogP contribution in [0.25, 0.3) is 11.1 Å². The van der Waals surface area contributed by atoms with Gasteiger partial charge in [-0.05, 0) is 23.8 Å². The van der Waals surface area contributed by atoms with Crippen LogP contribution in [0.15, 0.2) is 41.3 Å². The van der Waals surface area contributed by atoms with Crippen LogP contribution in [0.2, 0.25) is 0 Å². The van der Waals surface area contributed by atoms with Crippen molar-refractivity contribution in [3.05, 3.63) is 42.0 Å². The minimum absolute atomic E-state index is 0.159. The van der Waals surface area contributed by atoms with Crippen molar-refractivity contribution in [2.75, 3.05) is 13.0 Å². The molecule has 0 radical (unpaired) electrons. The van der Waals surface area contributed by atoms with E-state index in [9.17, 15) is 8.42 Å². The summed E-state index contributed by atoms with van der Waals surface area (Å²) in [5.41, 5.74) is 2.10. The summed E-state index contributed by atoms with van der Waals surface area (Å²) in [6.45, 7) is 0.159. The van der Waals surface area contributed by atoms with Crippen LogP contribution in [0.3, 0.4) is 0 Å². The summed E-state index contributed by atoms with van der Waals surface area (Å²) >= 11 is 0. The molecule has 106 valence electrons. The van der Waals surface area contributed by atoms with E-state index in [1.807, 2.05) is 6.07 Å². The minimum atomic E-state index is -3.27. The van der Waals surface area contributed by atoms with E-state index in [1.165, 1.54) is 6.26 Å². The van der Waals surface area contributed by atoms with Gasteiger partial charge in [0.05, 0.1) is 4.90 Å². The Balaban J connectivity index is 2.20. The number of sulfone groups is 1. The lowest BCUT2D eigenvalue weighted by Gasteiger charge is -2.08. The quantitative estimate of drug-likeness (QED) is 0.800. The fourth-order valence-corrected chi connectivity index (χ4v) is 2.86. The molecule has 0 N–H and O–H groups in total. The van der Waals surface area contributed by atoms with Crippen molar-refractivity contribution in [2.45, 2.75) is 4.90 Å². The van der Waals surface area contributed by atoms with Gasteiger partial charge in [-0.3, -0.25) is 0 Å². The molecule has 0 bridgehead atoms. The summed E-state index contributed by atoms with van der Waals surface area (Å²) < 4.78 is 34.0. The van der Waals surface area contributed by atoms with Crippen LogP contribution >= 0.6 is 0 Å². The molecule has 2 aromatic rings. The highest BCUT2D eigenvalue weighted by Gasteiger charge is 2.18. The van der Waals surface area contributed by atoms with Crippen LogP contribution in [0.1, 0.15) is 5.56 Å². The molecule has 0 spiro atoms. The summed E-state index contributed by atoms with van der Waals surface area (Å²) in [6, 6.07) is 10.2. The molecule has 0 aromatic heterocycles. The summed E-state index contributed by atoms with van der Waals surface area (Å²) in [5.74, 6) is 3.81. The first-order valence-corrected chi connectivity index (χ1v) is 8.09. The zero-order valence-electron chi connectivity index (χ0n) is 11.3. The first-order valence-electron chi connectivity index (χ1n) is 6.20. The third-order valence-electron chi connectivity index (χ3n) is 3.24. The number of rotatable bonds is 2. The van der Waals surface area contributed by atoms with Gasteiger partial charge >= 0.3 is 0 Å². The van der Waals surface area contributed by atoms with Crippen LogP contribution in [-0.4, -0.2) is 21.5 Å². The average Bonchev–Trinajstić information content (AvgIpc) is 2.92. The largest absolute Gasteiger partial charge is 0.454 e. The maximum absolute atomic E-state index is 11.7. The highest BCUT2D eigenvalue weighted by molar-refractivity contribution is 7.90. The van der Waals surface area contributed by atoms with Crippen LogP contribution < -0.4 is 9.47 Å². The van der Waals surface area contributed by atoms with Crippen molar-refractivity contribution in [2.24, 2.45) is 0 Å². The molecule has 21 heavy (non-hydrogen) atoms. The molecule has 2 aromatic carbocycles. The van der Waals surface area contributed by atoms with E-state index in [1.54, 1.807) is 30.3 Å². The molecule has 4 nitrogen and oxygen atoms in total. The third kappa shape index (κ3) is 2.46. The molecule has 0 aliphatic carbocycles. The molecule has 1 aliphatic rings. The fourth-order valence-electron chi connectivity index (χ4n) is 2.19. The molecule has 0 amide bonds. The predicted octanol–water partition coefficient (Wildman–Crippen LogP) is 2.47. The molecule has 0 atom stereocenters. The molecule has 0 unspecified atom stereocenters. The van der Waals surface area contributed by atoms with Gasteiger partial charge in [-0.1, -0.05) is 18.1 Å². The first-order chi connectivity index (χ1) is 9.99. The van der Waals surface area contributed by atoms with Crippen LogP contribution in [0.4, 0.5) is 0 Å². The molecule has 0 saturated heterocycles. The standard InChI is InChI=1S/C16H12O4S/c1-3-11-8-15-16(20-10-19-15)9-14(11)12-5-4-6-13(7-12)21(2,17)18/h1,4-9H,10H2,2H3. The van der Waals surface area contributed by atoms with Crippen LogP contribution in [-0.2, 0) is 9.84 Å². The number of fused-ring (bicyclic) bond motifs is 1. The Morgan fingerprint density at radius 1 is 1.14 bits per heavy atom. The van der Waals surface area contributed by atoms with E-state index < -0.39 is 9.84 Å². The topological polar surface area (TPSA) is 52.6 Å². The van der Waals surface area contributed by atoms with E-state index in [0.717, 1.165) is 11.1 Å². The van der Waals surface area contributed by atoms with Gasteiger partial charge in [0.1, 0.15) is 0 Å². The van der Waals surface area contributed by atoms with Gasteiger partial charge in [0.25, 0.3) is 0 Å². The number of benzene rings is 2. The van der Waals surface area contributed by atoms with Crippen molar-refractivity contribution < 1.29 is 17.9 Å². The Morgan fingerprint density at radius 2 is 1.86 bits per heavy atom. The normalized spacial score (nSPS) is 13.0. The van der Waals surface area contributed by atoms with Gasteiger partial charge in [-0.25, -0.2) is 8.42 Å². The van der Waals surface area contributed by atoms with Gasteiger partial charge < -0.3 is 9.47 Å². The predicted molar refractivity (Wildman–Crippen MR) is 79.0 cm³/mol. The van der Waals surface area contributed by atoms with Crippen molar-refractivity contribution in [1.29, 1.82) is 0 Å². The highest BCUT2D eigenvalue weighted by Crippen LogP contribution is 2.38. The van der Waals surface area contributed by atoms with E-state index in [2.05, 4.69) is 5.92 Å². The summed E-state index contributed by atoms with van der Waals surface area (Å²) in [7, 11) is -3.27. The number of ether oxygens (including phenoxy) is 2. The lowest BCUT2D eigenvalue weighted by atomic mass is 9.99. The lowest BCUT2D eigenvalue weighted by molar-refractivity contribution is 0.174. The Bertz CT molecular complexity index is 860. The molecule has 3 rings (SSSR count). The first kappa shape index (κ1) is 13.5. The summed E-state index contributed by atoms with van der Waals surface area (Å²) in [4.78, 5) is 0.251. The number of terminal acetylenes is 1. The zero-order chi connectivity index (χ0) is 15.0. The highest BCUT2D eigenvalue weighted by atomic mass is 32.2. The van der Waals surface area contributed by atoms with Crippen LogP contribution in [0.5, 0.6) is 11.5 Å².